The van der Waals surface area contributed by atoms with E-state index in [0.29, 0.717) is 26.5 Å². The van der Waals surface area contributed by atoms with E-state index >= 15 is 0 Å². The third-order valence-corrected chi connectivity index (χ3v) is 4.46. The van der Waals surface area contributed by atoms with Crippen LogP contribution in [0.2, 0.25) is 5.02 Å². The zero-order chi connectivity index (χ0) is 19.8. The van der Waals surface area contributed by atoms with Crippen LogP contribution in [-0.4, -0.2) is 17.4 Å². The molecule has 0 aliphatic carbocycles. The Hall–Kier alpha value is -2.31. The van der Waals surface area contributed by atoms with Crippen molar-refractivity contribution in [2.24, 2.45) is 0 Å². The predicted octanol–water partition coefficient (Wildman–Crippen LogP) is 4.74. The second-order valence-electron chi connectivity index (χ2n) is 7.00. The number of benzene rings is 2. The maximum absolute atomic E-state index is 12.8. The molecule has 1 fully saturated rings. The van der Waals surface area contributed by atoms with E-state index in [1.807, 2.05) is 26.8 Å². The molecule has 7 heteroatoms. The molecule has 1 heterocycles. The lowest BCUT2D eigenvalue weighted by atomic mass is 10.1. The first-order valence-electron chi connectivity index (χ1n) is 8.26. The van der Waals surface area contributed by atoms with Crippen LogP contribution in [0.5, 0.6) is 5.75 Å². The number of nitrogens with one attached hydrogen (secondary N) is 1. The molecule has 0 radical (unpaired) electrons. The monoisotopic (exact) mass is 448 g/mol. The van der Waals surface area contributed by atoms with Gasteiger partial charge in [-0.15, -0.1) is 0 Å². The van der Waals surface area contributed by atoms with E-state index < -0.39 is 17.4 Å². The molecule has 0 atom stereocenters. The molecule has 140 valence electrons. The van der Waals surface area contributed by atoms with Crippen molar-refractivity contribution in [1.82, 2.24) is 5.43 Å². The lowest BCUT2D eigenvalue weighted by Gasteiger charge is -2.24. The molecule has 0 spiro atoms. The number of amides is 2. The van der Waals surface area contributed by atoms with Crippen molar-refractivity contribution in [3.8, 4) is 5.75 Å². The highest BCUT2D eigenvalue weighted by atomic mass is 79.9. The molecule has 0 aromatic heterocycles. The van der Waals surface area contributed by atoms with Crippen LogP contribution in [-0.2, 0) is 9.59 Å². The number of carbonyl (C=O) groups is 2. The van der Waals surface area contributed by atoms with Gasteiger partial charge in [-0.3, -0.25) is 15.0 Å². The van der Waals surface area contributed by atoms with Gasteiger partial charge in [-0.05, 0) is 67.0 Å². The summed E-state index contributed by atoms with van der Waals surface area (Å²) >= 11 is 9.61. The summed E-state index contributed by atoms with van der Waals surface area (Å²) in [6, 6.07) is 12.3. The third kappa shape index (κ3) is 4.34. The maximum atomic E-state index is 12.8. The smallest absolute Gasteiger partial charge is 0.282 e. The minimum Gasteiger partial charge on any atom is -0.486 e. The molecule has 5 nitrogen and oxygen atoms in total. The zero-order valence-electron chi connectivity index (χ0n) is 15.0. The van der Waals surface area contributed by atoms with Crippen LogP contribution in [0.15, 0.2) is 52.5 Å². The highest BCUT2D eigenvalue weighted by Gasteiger charge is 2.34. The molecule has 1 aliphatic rings. The van der Waals surface area contributed by atoms with Gasteiger partial charge >= 0.3 is 0 Å². The number of hydrogen-bond acceptors (Lipinski definition) is 3. The third-order valence-electron chi connectivity index (χ3n) is 3.65. The summed E-state index contributed by atoms with van der Waals surface area (Å²) in [6.45, 7) is 5.74. The molecule has 1 N–H and O–H groups in total. The number of hydrogen-bond donors (Lipinski definition) is 1. The zero-order valence-corrected chi connectivity index (χ0v) is 17.4. The number of rotatable bonds is 3. The van der Waals surface area contributed by atoms with Gasteiger partial charge in [-0.2, -0.15) is 0 Å². The van der Waals surface area contributed by atoms with E-state index in [1.165, 1.54) is 11.1 Å². The summed E-state index contributed by atoms with van der Waals surface area (Å²) in [5, 5.41) is 1.68. The number of halogens is 2. The molecule has 3 rings (SSSR count). The standard InChI is InChI=1S/C20H18BrClN2O3/c1-20(2,3)27-17-12(9-13(22)11-16(17)21)10-15-18(25)23-24(19(15)26)14-7-5-4-6-8-14/h4-11H,1-3H3,(H,23,25). The van der Waals surface area contributed by atoms with Crippen LogP contribution in [0.25, 0.3) is 6.08 Å². The van der Waals surface area contributed by atoms with Gasteiger partial charge in [0, 0.05) is 10.6 Å². The van der Waals surface area contributed by atoms with Gasteiger partial charge in [0.05, 0.1) is 10.2 Å². The molecule has 1 saturated heterocycles. The second kappa shape index (κ2) is 7.37. The minimum atomic E-state index is -0.485. The Balaban J connectivity index is 2.04. The van der Waals surface area contributed by atoms with Gasteiger partial charge in [0.15, 0.2) is 0 Å². The first-order valence-corrected chi connectivity index (χ1v) is 9.43. The average molecular weight is 450 g/mol. The molecule has 27 heavy (non-hydrogen) atoms. The normalized spacial score (nSPS) is 16.0. The lowest BCUT2D eigenvalue weighted by Crippen LogP contribution is -2.35. The molecular formula is C20H18BrClN2O3. The van der Waals surface area contributed by atoms with E-state index in [1.54, 1.807) is 36.4 Å². The summed E-state index contributed by atoms with van der Waals surface area (Å²) in [5.41, 5.74) is 3.23. The number of nitrogens with zero attached hydrogens (tertiary/aromatic N) is 1. The number of para-hydroxylation sites is 1. The van der Waals surface area contributed by atoms with Gasteiger partial charge in [0.1, 0.15) is 16.9 Å². The van der Waals surface area contributed by atoms with Gasteiger partial charge in [-0.1, -0.05) is 29.8 Å². The van der Waals surface area contributed by atoms with Crippen LogP contribution in [0.3, 0.4) is 0 Å². The Morgan fingerprint density at radius 2 is 1.81 bits per heavy atom. The van der Waals surface area contributed by atoms with E-state index in [2.05, 4.69) is 21.4 Å². The number of hydrazine groups is 1. The van der Waals surface area contributed by atoms with Crippen molar-refractivity contribution in [2.75, 3.05) is 5.01 Å². The molecular weight excluding hydrogens is 432 g/mol. The van der Waals surface area contributed by atoms with Gasteiger partial charge < -0.3 is 4.74 Å². The van der Waals surface area contributed by atoms with E-state index in [9.17, 15) is 9.59 Å². The van der Waals surface area contributed by atoms with E-state index in [4.69, 9.17) is 16.3 Å². The van der Waals surface area contributed by atoms with Crippen LogP contribution in [0, 0.1) is 0 Å². The Morgan fingerprint density at radius 3 is 2.44 bits per heavy atom. The quantitative estimate of drug-likeness (QED) is 0.544. The predicted molar refractivity (Wildman–Crippen MR) is 110 cm³/mol. The fourth-order valence-electron chi connectivity index (χ4n) is 2.57. The topological polar surface area (TPSA) is 58.6 Å². The van der Waals surface area contributed by atoms with Crippen molar-refractivity contribution in [3.63, 3.8) is 0 Å². The van der Waals surface area contributed by atoms with Crippen LogP contribution < -0.4 is 15.2 Å². The van der Waals surface area contributed by atoms with Crippen molar-refractivity contribution in [3.05, 3.63) is 63.1 Å². The summed E-state index contributed by atoms with van der Waals surface area (Å²) in [6.07, 6.45) is 1.50. The summed E-state index contributed by atoms with van der Waals surface area (Å²) in [4.78, 5) is 25.2. The number of carbonyl (C=O) groups excluding carboxylic acids is 2. The molecule has 2 amide bonds. The molecule has 0 bridgehead atoms. The van der Waals surface area contributed by atoms with Crippen molar-refractivity contribution in [1.29, 1.82) is 0 Å². The van der Waals surface area contributed by atoms with Crippen molar-refractivity contribution < 1.29 is 14.3 Å². The second-order valence-corrected chi connectivity index (χ2v) is 8.29. The summed E-state index contributed by atoms with van der Waals surface area (Å²) in [5.74, 6) is -0.413. The molecule has 0 saturated carbocycles. The summed E-state index contributed by atoms with van der Waals surface area (Å²) < 4.78 is 6.65. The summed E-state index contributed by atoms with van der Waals surface area (Å²) in [7, 11) is 0. The Kier molecular flexibility index (Phi) is 5.31. The lowest BCUT2D eigenvalue weighted by molar-refractivity contribution is -0.117. The molecule has 0 unspecified atom stereocenters. The highest BCUT2D eigenvalue weighted by molar-refractivity contribution is 9.10. The van der Waals surface area contributed by atoms with Crippen molar-refractivity contribution in [2.45, 2.75) is 26.4 Å². The van der Waals surface area contributed by atoms with E-state index in [0.717, 1.165) is 0 Å². The van der Waals surface area contributed by atoms with Crippen molar-refractivity contribution >= 4 is 51.1 Å². The SMILES string of the molecule is CC(C)(C)Oc1c(Br)cc(Cl)cc1C=C1C(=O)NN(c2ccccc2)C1=O. The Morgan fingerprint density at radius 1 is 1.15 bits per heavy atom. The molecule has 2 aromatic rings. The molecule has 1 aliphatic heterocycles. The number of ether oxygens (including phenoxy) is 1. The highest BCUT2D eigenvalue weighted by Crippen LogP contribution is 2.37. The minimum absolute atomic E-state index is 0.00628. The van der Waals surface area contributed by atoms with Crippen LogP contribution in [0.4, 0.5) is 5.69 Å². The maximum Gasteiger partial charge on any atom is 0.282 e. The van der Waals surface area contributed by atoms with Crippen LogP contribution >= 0.6 is 27.5 Å². The Bertz CT molecular complexity index is 936. The average Bonchev–Trinajstić information content (AvgIpc) is 2.86. The van der Waals surface area contributed by atoms with E-state index in [-0.39, 0.29) is 5.57 Å². The van der Waals surface area contributed by atoms with Gasteiger partial charge in [-0.25, -0.2) is 5.01 Å². The van der Waals surface area contributed by atoms with Gasteiger partial charge in [0.2, 0.25) is 0 Å². The fraction of sp³-hybridized carbons (Fsp3) is 0.200. The Labute approximate surface area is 171 Å². The first kappa shape index (κ1) is 19.5. The first-order chi connectivity index (χ1) is 12.7. The largest absolute Gasteiger partial charge is 0.486 e. The van der Waals surface area contributed by atoms with Gasteiger partial charge in [0.25, 0.3) is 11.8 Å². The molecule has 2 aromatic carbocycles. The number of anilines is 1. The fourth-order valence-corrected chi connectivity index (χ4v) is 3.49. The van der Waals surface area contributed by atoms with Crippen LogP contribution in [0.1, 0.15) is 26.3 Å².